The van der Waals surface area contributed by atoms with Crippen LogP contribution in [0.15, 0.2) is 30.5 Å². The molecule has 6 nitrogen and oxygen atoms in total. The number of carbonyl (C=O) groups excluding carboxylic acids is 2. The predicted octanol–water partition coefficient (Wildman–Crippen LogP) is 4.27. The van der Waals surface area contributed by atoms with E-state index in [1.54, 1.807) is 23.1 Å². The van der Waals surface area contributed by atoms with E-state index in [9.17, 15) is 19.1 Å². The molecular weight excluding hydrogens is 435 g/mol. The first-order chi connectivity index (χ1) is 15.4. The molecule has 2 aliphatic rings. The normalized spacial score (nSPS) is 17.4. The lowest BCUT2D eigenvalue weighted by molar-refractivity contribution is 0.0581. The molecule has 1 aromatic heterocycles. The number of pyridine rings is 1. The van der Waals surface area contributed by atoms with Gasteiger partial charge >= 0.3 is 5.97 Å². The van der Waals surface area contributed by atoms with E-state index in [2.05, 4.69) is 4.98 Å². The predicted molar refractivity (Wildman–Crippen MR) is 117 cm³/mol. The van der Waals surface area contributed by atoms with E-state index in [0.29, 0.717) is 35.0 Å². The van der Waals surface area contributed by atoms with Crippen molar-refractivity contribution in [3.05, 3.63) is 69.1 Å². The number of fused-ring (bicyclic) bond motifs is 4. The van der Waals surface area contributed by atoms with Crippen molar-refractivity contribution in [2.24, 2.45) is 0 Å². The summed E-state index contributed by atoms with van der Waals surface area (Å²) < 4.78 is 19.3. The molecule has 0 saturated carbocycles. The van der Waals surface area contributed by atoms with Gasteiger partial charge in [0.2, 0.25) is 0 Å². The topological polar surface area (TPSA) is 79.7 Å². The molecule has 0 radical (unpaired) electrons. The molecular formula is C24H20ClFN2O4. The summed E-state index contributed by atoms with van der Waals surface area (Å²) in [7, 11) is 1.21. The fourth-order valence-electron chi connectivity index (χ4n) is 4.89. The first-order valence-corrected chi connectivity index (χ1v) is 10.8. The number of ether oxygens (including phenoxy) is 1. The first kappa shape index (κ1) is 20.7. The Morgan fingerprint density at radius 2 is 2.22 bits per heavy atom. The second kappa shape index (κ2) is 7.74. The Kier molecular flexibility index (Phi) is 5.01. The van der Waals surface area contributed by atoms with Crippen LogP contribution in [0.4, 0.5) is 4.39 Å². The number of aromatic hydroxyl groups is 1. The summed E-state index contributed by atoms with van der Waals surface area (Å²) in [5.41, 5.74) is 2.04. The van der Waals surface area contributed by atoms with Crippen molar-refractivity contribution < 1.29 is 23.8 Å². The monoisotopic (exact) mass is 454 g/mol. The van der Waals surface area contributed by atoms with Gasteiger partial charge < -0.3 is 14.7 Å². The molecule has 1 amide bonds. The Balaban J connectivity index is 1.72. The van der Waals surface area contributed by atoms with Gasteiger partial charge in [-0.15, -0.1) is 0 Å². The molecule has 2 aromatic carbocycles. The molecule has 1 fully saturated rings. The van der Waals surface area contributed by atoms with Crippen LogP contribution < -0.4 is 0 Å². The van der Waals surface area contributed by atoms with Crippen LogP contribution in [0.25, 0.3) is 10.9 Å². The van der Waals surface area contributed by atoms with E-state index in [0.717, 1.165) is 12.8 Å². The summed E-state index contributed by atoms with van der Waals surface area (Å²) in [5, 5.41) is 11.5. The van der Waals surface area contributed by atoms with Crippen molar-refractivity contribution in [1.82, 2.24) is 9.88 Å². The SMILES string of the molecule is COC(=O)c1c2c(c3cc(Cc4cccc(Cl)c4F)cnc3c1O)C[C@H]1CCCN1C2=O. The van der Waals surface area contributed by atoms with Gasteiger partial charge in [-0.25, -0.2) is 9.18 Å². The number of hydrogen-bond acceptors (Lipinski definition) is 5. The number of esters is 1. The van der Waals surface area contributed by atoms with Gasteiger partial charge in [0, 0.05) is 30.6 Å². The summed E-state index contributed by atoms with van der Waals surface area (Å²) in [4.78, 5) is 32.0. The zero-order chi connectivity index (χ0) is 22.6. The van der Waals surface area contributed by atoms with Crippen molar-refractivity contribution in [2.75, 3.05) is 13.7 Å². The number of methoxy groups -OCH3 is 1. The minimum absolute atomic E-state index is 0.0425. The molecule has 5 rings (SSSR count). The number of phenols is 1. The maximum atomic E-state index is 14.4. The van der Waals surface area contributed by atoms with Crippen LogP contribution >= 0.6 is 11.6 Å². The van der Waals surface area contributed by atoms with E-state index in [1.165, 1.54) is 19.4 Å². The summed E-state index contributed by atoms with van der Waals surface area (Å²) in [6.07, 6.45) is 4.09. The number of halogens is 2. The lowest BCUT2D eigenvalue weighted by Gasteiger charge is -2.33. The highest BCUT2D eigenvalue weighted by Crippen LogP contribution is 2.41. The summed E-state index contributed by atoms with van der Waals surface area (Å²) >= 11 is 5.91. The number of phenolic OH excluding ortho intramolecular Hbond substituents is 1. The quantitative estimate of drug-likeness (QED) is 0.598. The van der Waals surface area contributed by atoms with Gasteiger partial charge in [0.05, 0.1) is 17.7 Å². The van der Waals surface area contributed by atoms with E-state index >= 15 is 0 Å². The van der Waals surface area contributed by atoms with Crippen LogP contribution in [0, 0.1) is 5.82 Å². The van der Waals surface area contributed by atoms with E-state index < -0.39 is 11.8 Å². The van der Waals surface area contributed by atoms with E-state index in [4.69, 9.17) is 16.3 Å². The summed E-state index contributed by atoms with van der Waals surface area (Å²) in [6, 6.07) is 6.67. The Morgan fingerprint density at radius 1 is 1.41 bits per heavy atom. The number of nitrogens with zero attached hydrogens (tertiary/aromatic N) is 2. The number of aromatic nitrogens is 1. The van der Waals surface area contributed by atoms with Gasteiger partial charge in [-0.05, 0) is 48.1 Å². The van der Waals surface area contributed by atoms with Crippen LogP contribution in [0.2, 0.25) is 5.02 Å². The average molecular weight is 455 g/mol. The van der Waals surface area contributed by atoms with Crippen molar-refractivity contribution in [2.45, 2.75) is 31.7 Å². The molecule has 0 unspecified atom stereocenters. The highest BCUT2D eigenvalue weighted by Gasteiger charge is 2.40. The van der Waals surface area contributed by atoms with Crippen molar-refractivity contribution in [3.63, 3.8) is 0 Å². The molecule has 1 N–H and O–H groups in total. The molecule has 32 heavy (non-hydrogen) atoms. The highest BCUT2D eigenvalue weighted by atomic mass is 35.5. The Hall–Kier alpha value is -3.19. The van der Waals surface area contributed by atoms with E-state index in [1.807, 2.05) is 0 Å². The van der Waals surface area contributed by atoms with E-state index in [-0.39, 0.29) is 45.8 Å². The molecule has 1 saturated heterocycles. The largest absolute Gasteiger partial charge is 0.505 e. The van der Waals surface area contributed by atoms with Crippen molar-refractivity contribution in [3.8, 4) is 5.75 Å². The third-order valence-corrected chi connectivity index (χ3v) is 6.68. The number of benzene rings is 2. The van der Waals surface area contributed by atoms with Gasteiger partial charge in [0.15, 0.2) is 5.75 Å². The Labute approximate surface area is 188 Å². The molecule has 0 spiro atoms. The molecule has 2 aliphatic heterocycles. The number of hydrogen-bond donors (Lipinski definition) is 1. The minimum Gasteiger partial charge on any atom is -0.505 e. The highest BCUT2D eigenvalue weighted by molar-refractivity contribution is 6.30. The van der Waals surface area contributed by atoms with Crippen molar-refractivity contribution in [1.29, 1.82) is 0 Å². The molecule has 1 atom stereocenters. The standard InChI is InChI=1S/C24H20ClFN2O4/c1-32-24(31)19-18-15(10-14-5-3-7-28(14)23(18)30)16-9-12(11-27-21(16)22(19)29)8-13-4-2-6-17(25)20(13)26/h2,4,6,9,11,14,29H,3,5,7-8,10H2,1H3/t14-/m1/s1. The lowest BCUT2D eigenvalue weighted by Crippen LogP contribution is -2.42. The van der Waals surface area contributed by atoms with Crippen LogP contribution in [-0.4, -0.2) is 46.6 Å². The maximum Gasteiger partial charge on any atom is 0.342 e. The van der Waals surface area contributed by atoms with Crippen LogP contribution in [-0.2, 0) is 17.6 Å². The van der Waals surface area contributed by atoms with Gasteiger partial charge in [-0.2, -0.15) is 0 Å². The zero-order valence-corrected chi connectivity index (χ0v) is 18.1. The fourth-order valence-corrected chi connectivity index (χ4v) is 5.09. The molecule has 8 heteroatoms. The summed E-state index contributed by atoms with van der Waals surface area (Å²) in [6.45, 7) is 0.620. The van der Waals surface area contributed by atoms with Gasteiger partial charge in [0.1, 0.15) is 16.9 Å². The first-order valence-electron chi connectivity index (χ1n) is 10.4. The average Bonchev–Trinajstić information content (AvgIpc) is 3.26. The fraction of sp³-hybridized carbons (Fsp3) is 0.292. The maximum absolute atomic E-state index is 14.4. The number of carbonyl (C=O) groups is 2. The third kappa shape index (κ3) is 3.11. The molecule has 164 valence electrons. The number of rotatable bonds is 3. The lowest BCUT2D eigenvalue weighted by atomic mass is 9.86. The Bertz CT molecular complexity index is 1290. The zero-order valence-electron chi connectivity index (χ0n) is 17.3. The second-order valence-electron chi connectivity index (χ2n) is 8.20. The van der Waals surface area contributed by atoms with Gasteiger partial charge in [0.25, 0.3) is 5.91 Å². The molecule has 3 aromatic rings. The second-order valence-corrected chi connectivity index (χ2v) is 8.60. The molecule has 0 aliphatic carbocycles. The van der Waals surface area contributed by atoms with Crippen molar-refractivity contribution >= 4 is 34.4 Å². The molecule has 3 heterocycles. The minimum atomic E-state index is -0.779. The smallest absolute Gasteiger partial charge is 0.342 e. The summed E-state index contributed by atoms with van der Waals surface area (Å²) in [5.74, 6) is -1.93. The number of amides is 1. The molecule has 0 bridgehead atoms. The van der Waals surface area contributed by atoms with Gasteiger partial charge in [-0.1, -0.05) is 23.7 Å². The van der Waals surface area contributed by atoms with Crippen LogP contribution in [0.1, 0.15) is 50.2 Å². The Morgan fingerprint density at radius 3 is 3.00 bits per heavy atom. The third-order valence-electron chi connectivity index (χ3n) is 6.39. The van der Waals surface area contributed by atoms with Crippen LogP contribution in [0.3, 0.4) is 0 Å². The van der Waals surface area contributed by atoms with Gasteiger partial charge in [-0.3, -0.25) is 9.78 Å². The van der Waals surface area contributed by atoms with Crippen LogP contribution in [0.5, 0.6) is 5.75 Å².